The summed E-state index contributed by atoms with van der Waals surface area (Å²) in [7, 11) is 1.71. The van der Waals surface area contributed by atoms with Gasteiger partial charge in [-0.2, -0.15) is 0 Å². The lowest BCUT2D eigenvalue weighted by molar-refractivity contribution is -0.138. The topological polar surface area (TPSA) is 99.6 Å². The molecule has 0 saturated heterocycles. The standard InChI is InChI=1S/C31H41N5O3/c1-23(39-2)22-36(19-7-6-12-27-14-13-25-11-8-17-33-30(25)34-27)20-16-28(31(37)38)35-29-21-26(15-18-32-29)24-9-4-3-5-10-24/h3-5,9-10,13-15,18,21,23,28H,6-8,11-12,16-17,19-20,22H2,1-2H3,(H,32,35)(H,33,34)(H,37,38). The lowest BCUT2D eigenvalue weighted by atomic mass is 10.1. The number of unbranched alkanes of at least 4 members (excludes halogenated alkanes) is 1. The zero-order valence-corrected chi connectivity index (χ0v) is 23.1. The van der Waals surface area contributed by atoms with Gasteiger partial charge in [0.15, 0.2) is 0 Å². The Morgan fingerprint density at radius 3 is 2.77 bits per heavy atom. The molecule has 0 amide bonds. The van der Waals surface area contributed by atoms with Gasteiger partial charge in [0.2, 0.25) is 0 Å². The number of aryl methyl sites for hydroxylation is 2. The van der Waals surface area contributed by atoms with Crippen LogP contribution in [0.5, 0.6) is 0 Å². The summed E-state index contributed by atoms with van der Waals surface area (Å²) < 4.78 is 5.51. The molecular weight excluding hydrogens is 490 g/mol. The molecular formula is C31H41N5O3. The van der Waals surface area contributed by atoms with Crippen LogP contribution in [0.3, 0.4) is 0 Å². The molecule has 1 aliphatic heterocycles. The fourth-order valence-corrected chi connectivity index (χ4v) is 4.95. The number of ether oxygens (including phenoxy) is 1. The van der Waals surface area contributed by atoms with Crippen LogP contribution < -0.4 is 10.6 Å². The molecule has 2 aromatic heterocycles. The van der Waals surface area contributed by atoms with E-state index in [4.69, 9.17) is 9.72 Å². The SMILES string of the molecule is COC(C)CN(CCCCc1ccc2c(n1)NCCC2)CCC(Nc1cc(-c2ccccc2)ccn1)C(=O)O. The number of fused-ring (bicyclic) bond motifs is 1. The van der Waals surface area contributed by atoms with Crippen molar-refractivity contribution in [3.05, 3.63) is 72.1 Å². The fourth-order valence-electron chi connectivity index (χ4n) is 4.95. The van der Waals surface area contributed by atoms with Gasteiger partial charge in [0.25, 0.3) is 0 Å². The molecule has 1 aromatic carbocycles. The first-order valence-electron chi connectivity index (χ1n) is 14.0. The van der Waals surface area contributed by atoms with Crippen molar-refractivity contribution in [2.24, 2.45) is 0 Å². The third-order valence-corrected chi connectivity index (χ3v) is 7.25. The van der Waals surface area contributed by atoms with Gasteiger partial charge < -0.3 is 25.4 Å². The fraction of sp³-hybridized carbons (Fsp3) is 0.452. The van der Waals surface area contributed by atoms with Crippen molar-refractivity contribution in [3.63, 3.8) is 0 Å². The van der Waals surface area contributed by atoms with Crippen LogP contribution in [0, 0.1) is 0 Å². The second-order valence-corrected chi connectivity index (χ2v) is 10.3. The van der Waals surface area contributed by atoms with Crippen molar-refractivity contribution in [3.8, 4) is 11.1 Å². The summed E-state index contributed by atoms with van der Waals surface area (Å²) in [4.78, 5) is 23.6. The number of aromatic nitrogens is 2. The van der Waals surface area contributed by atoms with E-state index in [1.165, 1.54) is 12.0 Å². The molecule has 39 heavy (non-hydrogen) atoms. The van der Waals surface area contributed by atoms with Crippen LogP contribution in [0.25, 0.3) is 11.1 Å². The van der Waals surface area contributed by atoms with E-state index in [2.05, 4.69) is 32.7 Å². The minimum absolute atomic E-state index is 0.0684. The number of carboxylic acids is 1. The third kappa shape index (κ3) is 8.76. The Balaban J connectivity index is 1.30. The normalized spacial score (nSPS) is 14.3. The molecule has 3 heterocycles. The average molecular weight is 532 g/mol. The van der Waals surface area contributed by atoms with Gasteiger partial charge >= 0.3 is 5.97 Å². The number of rotatable bonds is 15. The predicted molar refractivity (Wildman–Crippen MR) is 156 cm³/mol. The Labute approximate surface area is 231 Å². The summed E-state index contributed by atoms with van der Waals surface area (Å²) in [6, 6.07) is 17.5. The summed E-state index contributed by atoms with van der Waals surface area (Å²) in [5, 5.41) is 16.5. The largest absolute Gasteiger partial charge is 0.480 e. The number of carbonyl (C=O) groups is 1. The minimum Gasteiger partial charge on any atom is -0.480 e. The number of methoxy groups -OCH3 is 1. The summed E-state index contributed by atoms with van der Waals surface area (Å²) >= 11 is 0. The van der Waals surface area contributed by atoms with Gasteiger partial charge in [-0.15, -0.1) is 0 Å². The van der Waals surface area contributed by atoms with Crippen LogP contribution >= 0.6 is 0 Å². The zero-order chi connectivity index (χ0) is 27.5. The minimum atomic E-state index is -0.881. The predicted octanol–water partition coefficient (Wildman–Crippen LogP) is 5.12. The first-order chi connectivity index (χ1) is 19.0. The van der Waals surface area contributed by atoms with Crippen molar-refractivity contribution < 1.29 is 14.6 Å². The highest BCUT2D eigenvalue weighted by Gasteiger charge is 2.20. The first-order valence-corrected chi connectivity index (χ1v) is 14.0. The molecule has 2 unspecified atom stereocenters. The number of hydrogen-bond donors (Lipinski definition) is 3. The number of hydrogen-bond acceptors (Lipinski definition) is 7. The van der Waals surface area contributed by atoms with Crippen molar-refractivity contribution in [2.45, 2.75) is 57.6 Å². The van der Waals surface area contributed by atoms with E-state index in [9.17, 15) is 9.90 Å². The summed E-state index contributed by atoms with van der Waals surface area (Å²) in [5.41, 5.74) is 4.50. The number of anilines is 2. The van der Waals surface area contributed by atoms with E-state index >= 15 is 0 Å². The molecule has 3 aromatic rings. The monoisotopic (exact) mass is 531 g/mol. The lowest BCUT2D eigenvalue weighted by Gasteiger charge is -2.27. The molecule has 0 bridgehead atoms. The summed E-state index contributed by atoms with van der Waals surface area (Å²) in [6.45, 7) is 5.33. The highest BCUT2D eigenvalue weighted by atomic mass is 16.5. The molecule has 2 atom stereocenters. The Bertz CT molecular complexity index is 1190. The third-order valence-electron chi connectivity index (χ3n) is 7.25. The zero-order valence-electron chi connectivity index (χ0n) is 23.1. The molecule has 0 spiro atoms. The number of benzene rings is 1. The Kier molecular flexibility index (Phi) is 10.7. The molecule has 1 aliphatic rings. The van der Waals surface area contributed by atoms with Crippen molar-refractivity contribution >= 4 is 17.6 Å². The molecule has 8 nitrogen and oxygen atoms in total. The van der Waals surface area contributed by atoms with E-state index in [1.807, 2.05) is 49.4 Å². The van der Waals surface area contributed by atoms with Crippen molar-refractivity contribution in [1.82, 2.24) is 14.9 Å². The quantitative estimate of drug-likeness (QED) is 0.233. The van der Waals surface area contributed by atoms with Gasteiger partial charge in [0.05, 0.1) is 6.10 Å². The Hall–Kier alpha value is -3.49. The van der Waals surface area contributed by atoms with Crippen molar-refractivity contribution in [2.75, 3.05) is 43.9 Å². The number of nitrogens with one attached hydrogen (secondary N) is 2. The van der Waals surface area contributed by atoms with E-state index in [1.54, 1.807) is 13.3 Å². The molecule has 0 radical (unpaired) electrons. The number of nitrogens with zero attached hydrogens (tertiary/aromatic N) is 3. The summed E-state index contributed by atoms with van der Waals surface area (Å²) in [6.07, 6.45) is 7.48. The second kappa shape index (κ2) is 14.6. The first kappa shape index (κ1) is 28.5. The van der Waals surface area contributed by atoms with Gasteiger partial charge in [-0.05, 0) is 86.9 Å². The number of pyridine rings is 2. The van der Waals surface area contributed by atoms with Crippen LogP contribution in [-0.4, -0.2) is 71.4 Å². The van der Waals surface area contributed by atoms with Crippen molar-refractivity contribution in [1.29, 1.82) is 0 Å². The van der Waals surface area contributed by atoms with Gasteiger partial charge in [0, 0.05) is 38.6 Å². The van der Waals surface area contributed by atoms with E-state index in [-0.39, 0.29) is 6.10 Å². The maximum Gasteiger partial charge on any atom is 0.326 e. The van der Waals surface area contributed by atoms with E-state index < -0.39 is 12.0 Å². The van der Waals surface area contributed by atoms with Crippen LogP contribution in [-0.2, 0) is 22.4 Å². The highest BCUT2D eigenvalue weighted by Crippen LogP contribution is 2.22. The molecule has 0 saturated carbocycles. The van der Waals surface area contributed by atoms with Gasteiger partial charge in [-0.3, -0.25) is 0 Å². The van der Waals surface area contributed by atoms with E-state index in [0.717, 1.165) is 68.0 Å². The van der Waals surface area contributed by atoms with Crippen LogP contribution in [0.1, 0.15) is 43.9 Å². The van der Waals surface area contributed by atoms with Crippen LogP contribution in [0.2, 0.25) is 0 Å². The van der Waals surface area contributed by atoms with Gasteiger partial charge in [-0.25, -0.2) is 14.8 Å². The Morgan fingerprint density at radius 2 is 1.97 bits per heavy atom. The maximum atomic E-state index is 12.1. The summed E-state index contributed by atoms with van der Waals surface area (Å²) in [5.74, 6) is 0.728. The van der Waals surface area contributed by atoms with Gasteiger partial charge in [-0.1, -0.05) is 36.4 Å². The van der Waals surface area contributed by atoms with Crippen LogP contribution in [0.15, 0.2) is 60.8 Å². The number of aliphatic carboxylic acids is 1. The molecule has 3 N–H and O–H groups in total. The number of carboxylic acid groups (broad SMARTS) is 1. The molecule has 208 valence electrons. The van der Waals surface area contributed by atoms with Gasteiger partial charge in [0.1, 0.15) is 17.7 Å². The lowest BCUT2D eigenvalue weighted by Crippen LogP contribution is -2.38. The second-order valence-electron chi connectivity index (χ2n) is 10.3. The molecule has 4 rings (SSSR count). The average Bonchev–Trinajstić information content (AvgIpc) is 2.97. The Morgan fingerprint density at radius 1 is 1.13 bits per heavy atom. The van der Waals surface area contributed by atoms with Crippen LogP contribution in [0.4, 0.5) is 11.6 Å². The van der Waals surface area contributed by atoms with E-state index in [0.29, 0.717) is 18.8 Å². The molecule has 8 heteroatoms. The molecule has 0 fully saturated rings. The molecule has 0 aliphatic carbocycles. The maximum absolute atomic E-state index is 12.1. The smallest absolute Gasteiger partial charge is 0.326 e. The highest BCUT2D eigenvalue weighted by molar-refractivity contribution is 5.77.